The molecule has 0 aliphatic rings. The van der Waals surface area contributed by atoms with Gasteiger partial charge < -0.3 is 14.8 Å². The quantitative estimate of drug-likeness (QED) is 0.337. The zero-order chi connectivity index (χ0) is 23.9. The Morgan fingerprint density at radius 1 is 1.15 bits per heavy atom. The third-order valence-electron chi connectivity index (χ3n) is 4.84. The van der Waals surface area contributed by atoms with Crippen molar-refractivity contribution in [3.05, 3.63) is 100 Å². The Morgan fingerprint density at radius 3 is 2.65 bits per heavy atom. The molecule has 9 heteroatoms. The van der Waals surface area contributed by atoms with Gasteiger partial charge in [0.15, 0.2) is 0 Å². The highest BCUT2D eigenvalue weighted by molar-refractivity contribution is 6.01. The molecule has 0 fully saturated rings. The number of carbonyl (C=O) groups is 1. The van der Waals surface area contributed by atoms with Crippen molar-refractivity contribution >= 4 is 17.6 Å². The van der Waals surface area contributed by atoms with E-state index in [-0.39, 0.29) is 23.6 Å². The molecule has 0 aliphatic heterocycles. The van der Waals surface area contributed by atoms with Crippen LogP contribution in [-0.4, -0.2) is 27.4 Å². The van der Waals surface area contributed by atoms with Crippen molar-refractivity contribution in [2.75, 3.05) is 7.11 Å². The Balaban J connectivity index is 1.72. The van der Waals surface area contributed by atoms with Crippen LogP contribution in [0.25, 0.3) is 11.7 Å². The zero-order valence-electron chi connectivity index (χ0n) is 18.1. The maximum Gasteiger partial charge on any atom is 0.269 e. The minimum atomic E-state index is -0.640. The average molecular weight is 453 g/mol. The van der Waals surface area contributed by atoms with Gasteiger partial charge in [0.2, 0.25) is 5.88 Å². The maximum absolute atomic E-state index is 13.2. The number of rotatable bonds is 7. The Hall–Kier alpha value is -4.97. The summed E-state index contributed by atoms with van der Waals surface area (Å²) in [4.78, 5) is 34.3. The number of hydrogen-bond donors (Lipinski definition) is 1. The van der Waals surface area contributed by atoms with E-state index >= 15 is 0 Å². The smallest absolute Gasteiger partial charge is 0.269 e. The third-order valence-corrected chi connectivity index (χ3v) is 4.84. The molecule has 0 unspecified atom stereocenters. The van der Waals surface area contributed by atoms with E-state index in [1.807, 2.05) is 6.07 Å². The van der Waals surface area contributed by atoms with Crippen molar-refractivity contribution < 1.29 is 14.3 Å². The van der Waals surface area contributed by atoms with Gasteiger partial charge in [-0.25, -0.2) is 0 Å². The van der Waals surface area contributed by atoms with Gasteiger partial charge in [0.25, 0.3) is 11.5 Å². The van der Waals surface area contributed by atoms with Crippen LogP contribution in [-0.2, 0) is 11.3 Å². The first-order chi connectivity index (χ1) is 16.6. The summed E-state index contributed by atoms with van der Waals surface area (Å²) in [6.45, 7) is 0.176. The van der Waals surface area contributed by atoms with Gasteiger partial charge >= 0.3 is 0 Å². The number of pyridine rings is 2. The molecule has 0 atom stereocenters. The Morgan fingerprint density at radius 2 is 1.94 bits per heavy atom. The molecule has 3 aromatic heterocycles. The van der Waals surface area contributed by atoms with Crippen LogP contribution in [0.1, 0.15) is 11.1 Å². The minimum absolute atomic E-state index is 0.0332. The predicted octanol–water partition coefficient (Wildman–Crippen LogP) is 3.11. The SMILES string of the molecule is COc1ccc(Oc2nc3ccccn3c(=O)c2C=C(C#N)C(=O)NCc2cccnc2)cc1. The summed E-state index contributed by atoms with van der Waals surface area (Å²) >= 11 is 0. The molecule has 0 aliphatic carbocycles. The topological polar surface area (TPSA) is 119 Å². The summed E-state index contributed by atoms with van der Waals surface area (Å²) in [7, 11) is 1.55. The van der Waals surface area contributed by atoms with Crippen LogP contribution in [0.2, 0.25) is 0 Å². The lowest BCUT2D eigenvalue weighted by Crippen LogP contribution is -2.25. The van der Waals surface area contributed by atoms with E-state index in [0.717, 1.165) is 5.56 Å². The molecule has 168 valence electrons. The van der Waals surface area contributed by atoms with Crippen molar-refractivity contribution in [2.45, 2.75) is 6.54 Å². The monoisotopic (exact) mass is 453 g/mol. The second-order valence-electron chi connectivity index (χ2n) is 7.06. The average Bonchev–Trinajstić information content (AvgIpc) is 2.88. The Kier molecular flexibility index (Phi) is 6.60. The number of hydrogen-bond acceptors (Lipinski definition) is 7. The van der Waals surface area contributed by atoms with Crippen molar-refractivity contribution in [3.63, 3.8) is 0 Å². The van der Waals surface area contributed by atoms with Crippen LogP contribution >= 0.6 is 0 Å². The zero-order valence-corrected chi connectivity index (χ0v) is 18.1. The molecule has 0 saturated carbocycles. The van der Waals surface area contributed by atoms with E-state index < -0.39 is 11.5 Å². The number of ether oxygens (including phenoxy) is 2. The summed E-state index contributed by atoms with van der Waals surface area (Å²) in [5, 5.41) is 12.3. The first-order valence-corrected chi connectivity index (χ1v) is 10.2. The Labute approximate surface area is 194 Å². The van der Waals surface area contributed by atoms with E-state index in [2.05, 4.69) is 15.3 Å². The molecular formula is C25H19N5O4. The van der Waals surface area contributed by atoms with Gasteiger partial charge in [0.1, 0.15) is 34.4 Å². The number of nitrogens with one attached hydrogen (secondary N) is 1. The van der Waals surface area contributed by atoms with Crippen LogP contribution in [0.4, 0.5) is 0 Å². The number of aromatic nitrogens is 3. The van der Waals surface area contributed by atoms with Gasteiger partial charge in [-0.2, -0.15) is 10.2 Å². The second kappa shape index (κ2) is 10.1. The van der Waals surface area contributed by atoms with Crippen LogP contribution < -0.4 is 20.3 Å². The molecule has 9 nitrogen and oxygen atoms in total. The molecule has 3 heterocycles. The minimum Gasteiger partial charge on any atom is -0.497 e. The van der Waals surface area contributed by atoms with E-state index in [0.29, 0.717) is 17.1 Å². The molecule has 0 saturated heterocycles. The van der Waals surface area contributed by atoms with Gasteiger partial charge in [-0.05, 0) is 54.1 Å². The van der Waals surface area contributed by atoms with Gasteiger partial charge in [0.05, 0.1) is 7.11 Å². The number of nitrogens with zero attached hydrogens (tertiary/aromatic N) is 4. The highest BCUT2D eigenvalue weighted by Gasteiger charge is 2.17. The van der Waals surface area contributed by atoms with Crippen molar-refractivity contribution in [2.24, 2.45) is 0 Å². The summed E-state index contributed by atoms with van der Waals surface area (Å²) in [6, 6.07) is 17.2. The van der Waals surface area contributed by atoms with Gasteiger partial charge in [-0.1, -0.05) is 12.1 Å². The van der Waals surface area contributed by atoms with E-state index in [9.17, 15) is 14.9 Å². The van der Waals surface area contributed by atoms with E-state index in [1.165, 1.54) is 10.5 Å². The lowest BCUT2D eigenvalue weighted by atomic mass is 10.1. The lowest BCUT2D eigenvalue weighted by Gasteiger charge is -2.11. The number of amides is 1. The number of fused-ring (bicyclic) bond motifs is 1. The van der Waals surface area contributed by atoms with Crippen molar-refractivity contribution in [3.8, 4) is 23.4 Å². The number of carbonyl (C=O) groups excluding carboxylic acids is 1. The summed E-state index contributed by atoms with van der Waals surface area (Å²) < 4.78 is 12.3. The highest BCUT2D eigenvalue weighted by Crippen LogP contribution is 2.25. The van der Waals surface area contributed by atoms with Gasteiger partial charge in [0, 0.05) is 25.1 Å². The van der Waals surface area contributed by atoms with Crippen LogP contribution in [0.3, 0.4) is 0 Å². The first kappa shape index (κ1) is 22.2. The molecular weight excluding hydrogens is 434 g/mol. The number of nitriles is 1. The van der Waals surface area contributed by atoms with Crippen LogP contribution in [0.15, 0.2) is 83.6 Å². The third kappa shape index (κ3) is 4.92. The number of benzene rings is 1. The molecule has 0 spiro atoms. The fraction of sp³-hybridized carbons (Fsp3) is 0.0800. The summed E-state index contributed by atoms with van der Waals surface area (Å²) in [5.74, 6) is 0.367. The standard InChI is InChI=1S/C25H19N5O4/c1-33-19-7-9-20(10-8-19)34-24-21(25(32)30-12-3-2-6-22(30)29-24)13-18(14-26)23(31)28-16-17-5-4-11-27-15-17/h2-13,15H,16H2,1H3,(H,28,31). The van der Waals surface area contributed by atoms with Crippen molar-refractivity contribution in [1.29, 1.82) is 5.26 Å². The van der Waals surface area contributed by atoms with Crippen LogP contribution in [0.5, 0.6) is 17.4 Å². The molecule has 34 heavy (non-hydrogen) atoms. The number of methoxy groups -OCH3 is 1. The molecule has 4 aromatic rings. The lowest BCUT2D eigenvalue weighted by molar-refractivity contribution is -0.117. The van der Waals surface area contributed by atoms with Gasteiger partial charge in [-0.15, -0.1) is 0 Å². The summed E-state index contributed by atoms with van der Waals surface area (Å²) in [5.41, 5.74) is 0.338. The normalized spacial score (nSPS) is 11.0. The molecule has 0 radical (unpaired) electrons. The largest absolute Gasteiger partial charge is 0.497 e. The van der Waals surface area contributed by atoms with Gasteiger partial charge in [-0.3, -0.25) is 19.0 Å². The fourth-order valence-electron chi connectivity index (χ4n) is 3.11. The maximum atomic E-state index is 13.2. The molecule has 1 amide bonds. The molecule has 1 aromatic carbocycles. The van der Waals surface area contributed by atoms with Crippen molar-refractivity contribution in [1.82, 2.24) is 19.7 Å². The molecule has 1 N–H and O–H groups in total. The highest BCUT2D eigenvalue weighted by atomic mass is 16.5. The molecule has 4 rings (SSSR count). The van der Waals surface area contributed by atoms with E-state index in [1.54, 1.807) is 80.3 Å². The second-order valence-corrected chi connectivity index (χ2v) is 7.06. The molecule has 0 bridgehead atoms. The van der Waals surface area contributed by atoms with E-state index in [4.69, 9.17) is 9.47 Å². The Bertz CT molecular complexity index is 1460. The fourth-order valence-corrected chi connectivity index (χ4v) is 3.11. The van der Waals surface area contributed by atoms with Crippen LogP contribution in [0, 0.1) is 11.3 Å². The summed E-state index contributed by atoms with van der Waals surface area (Å²) in [6.07, 6.45) is 5.97. The first-order valence-electron chi connectivity index (χ1n) is 10.2. The predicted molar refractivity (Wildman–Crippen MR) is 124 cm³/mol.